The molecule has 6 nitrogen and oxygen atoms in total. The van der Waals surface area contributed by atoms with Gasteiger partial charge in [-0.25, -0.2) is 0 Å². The molecule has 0 aromatic heterocycles. The molecule has 212 valence electrons. The van der Waals surface area contributed by atoms with Crippen molar-refractivity contribution in [1.82, 2.24) is 0 Å². The number of methoxy groups -OCH3 is 1. The number of rotatable bonds is 8. The van der Waals surface area contributed by atoms with Crippen LogP contribution in [-0.4, -0.2) is 35.0 Å². The number of hydrogen-bond acceptors (Lipinski definition) is 6. The fraction of sp³-hybridized carbons (Fsp3) is 0.257. The maximum Gasteiger partial charge on any atom is 0.161 e. The first-order chi connectivity index (χ1) is 19.3. The molecule has 0 bridgehead atoms. The molecule has 0 aliphatic carbocycles. The molecule has 0 radical (unpaired) electrons. The van der Waals surface area contributed by atoms with Gasteiger partial charge in [0, 0.05) is 10.8 Å². The van der Waals surface area contributed by atoms with Crippen molar-refractivity contribution in [3.63, 3.8) is 0 Å². The van der Waals surface area contributed by atoms with Gasteiger partial charge in [0.15, 0.2) is 24.1 Å². The van der Waals surface area contributed by atoms with E-state index >= 15 is 0 Å². The number of aryl methyl sites for hydroxylation is 3. The molecule has 41 heavy (non-hydrogen) atoms. The minimum atomic E-state index is -0.854. The van der Waals surface area contributed by atoms with Crippen molar-refractivity contribution < 1.29 is 29.6 Å². The molecule has 0 amide bonds. The van der Waals surface area contributed by atoms with Crippen molar-refractivity contribution in [2.45, 2.75) is 52.4 Å². The Hall–Kier alpha value is -4.58. The van der Waals surface area contributed by atoms with Crippen molar-refractivity contribution in [3.8, 4) is 23.0 Å². The third kappa shape index (κ3) is 4.95. The highest BCUT2D eigenvalue weighted by molar-refractivity contribution is 5.82. The van der Waals surface area contributed by atoms with Crippen LogP contribution in [0.2, 0.25) is 0 Å². The van der Waals surface area contributed by atoms with Crippen LogP contribution in [0.15, 0.2) is 60.7 Å². The van der Waals surface area contributed by atoms with Gasteiger partial charge >= 0.3 is 0 Å². The molecule has 4 rings (SSSR count). The zero-order valence-electron chi connectivity index (χ0n) is 24.5. The maximum atomic E-state index is 11.8. The summed E-state index contributed by atoms with van der Waals surface area (Å²) in [4.78, 5) is 23.7. The predicted octanol–water partition coefficient (Wildman–Crippen LogP) is 7.04. The quantitative estimate of drug-likeness (QED) is 0.160. The van der Waals surface area contributed by atoms with Gasteiger partial charge in [0.1, 0.15) is 11.5 Å². The summed E-state index contributed by atoms with van der Waals surface area (Å²) in [6.45, 7) is 11.5. The van der Waals surface area contributed by atoms with E-state index in [1.807, 2.05) is 62.4 Å². The molecule has 6 heteroatoms. The minimum Gasteiger partial charge on any atom is -0.507 e. The van der Waals surface area contributed by atoms with E-state index in [1.165, 1.54) is 7.11 Å². The molecular weight excluding hydrogens is 516 g/mol. The topological polar surface area (TPSA) is 104 Å². The monoisotopic (exact) mass is 552 g/mol. The lowest BCUT2D eigenvalue weighted by Crippen LogP contribution is -2.27. The Morgan fingerprint density at radius 2 is 1.00 bits per heavy atom. The number of benzene rings is 4. The van der Waals surface area contributed by atoms with E-state index in [-0.39, 0.29) is 28.4 Å². The van der Waals surface area contributed by atoms with Crippen LogP contribution in [0, 0.1) is 20.8 Å². The van der Waals surface area contributed by atoms with E-state index < -0.39 is 10.8 Å². The zero-order chi connectivity index (χ0) is 30.3. The van der Waals surface area contributed by atoms with E-state index in [0.717, 1.165) is 33.4 Å². The normalized spacial score (nSPS) is 11.8. The standard InChI is InChI=1S/C35H36O6/c1-20-13-28(15-23(18-36)31(20)38)35(6,29-14-21(2)32(39)24(16-29)19-37)26-10-8-25(9-11-26)34(4,5)27-12-22(3)33(40)30(17-27)41-7/h8-19,38-40H,1-7H3. The Morgan fingerprint density at radius 1 is 0.585 bits per heavy atom. The first-order valence-electron chi connectivity index (χ1n) is 13.4. The number of aldehydes is 2. The Morgan fingerprint density at radius 3 is 1.44 bits per heavy atom. The molecular formula is C35H36O6. The molecule has 0 aliphatic heterocycles. The smallest absolute Gasteiger partial charge is 0.161 e. The van der Waals surface area contributed by atoms with E-state index in [2.05, 4.69) is 13.8 Å². The minimum absolute atomic E-state index is 0.0710. The third-order valence-electron chi connectivity index (χ3n) is 8.46. The first-order valence-corrected chi connectivity index (χ1v) is 13.4. The fourth-order valence-corrected chi connectivity index (χ4v) is 5.52. The van der Waals surface area contributed by atoms with E-state index in [0.29, 0.717) is 29.4 Å². The maximum absolute atomic E-state index is 11.8. The summed E-state index contributed by atoms with van der Waals surface area (Å²) in [6.07, 6.45) is 1.26. The molecule has 0 saturated heterocycles. The number of carbonyl (C=O) groups is 2. The highest BCUT2D eigenvalue weighted by Crippen LogP contribution is 2.44. The average molecular weight is 553 g/mol. The third-order valence-corrected chi connectivity index (χ3v) is 8.46. The molecule has 0 fully saturated rings. The summed E-state index contributed by atoms with van der Waals surface area (Å²) in [5, 5.41) is 31.3. The molecule has 0 aliphatic rings. The van der Waals surface area contributed by atoms with Gasteiger partial charge in [-0.3, -0.25) is 9.59 Å². The molecule has 0 atom stereocenters. The van der Waals surface area contributed by atoms with Gasteiger partial charge in [-0.15, -0.1) is 0 Å². The predicted molar refractivity (Wildman–Crippen MR) is 160 cm³/mol. The Labute approximate surface area is 240 Å². The summed E-state index contributed by atoms with van der Waals surface area (Å²) in [7, 11) is 1.53. The van der Waals surface area contributed by atoms with Crippen LogP contribution in [-0.2, 0) is 10.8 Å². The Bertz CT molecular complexity index is 1580. The van der Waals surface area contributed by atoms with E-state index in [9.17, 15) is 24.9 Å². The number of aromatic hydroxyl groups is 3. The van der Waals surface area contributed by atoms with Gasteiger partial charge in [0.25, 0.3) is 0 Å². The second-order valence-corrected chi connectivity index (χ2v) is 11.4. The molecule has 4 aromatic carbocycles. The van der Waals surface area contributed by atoms with Crippen molar-refractivity contribution in [2.24, 2.45) is 0 Å². The number of phenolic OH excluding ortho intramolecular Hbond substituents is 3. The van der Waals surface area contributed by atoms with Crippen LogP contribution in [0.4, 0.5) is 0 Å². The average Bonchev–Trinajstić information content (AvgIpc) is 2.96. The lowest BCUT2D eigenvalue weighted by atomic mass is 9.69. The summed E-state index contributed by atoms with van der Waals surface area (Å²) in [5.41, 5.74) is 5.29. The van der Waals surface area contributed by atoms with Crippen LogP contribution in [0.1, 0.15) is 86.0 Å². The van der Waals surface area contributed by atoms with Gasteiger partial charge < -0.3 is 20.1 Å². The van der Waals surface area contributed by atoms with Crippen LogP contribution in [0.5, 0.6) is 23.0 Å². The number of ether oxygens (including phenoxy) is 1. The van der Waals surface area contributed by atoms with Crippen LogP contribution < -0.4 is 4.74 Å². The number of phenols is 3. The van der Waals surface area contributed by atoms with E-state index in [1.54, 1.807) is 26.0 Å². The molecule has 0 spiro atoms. The van der Waals surface area contributed by atoms with Crippen molar-refractivity contribution in [2.75, 3.05) is 7.11 Å². The summed E-state index contributed by atoms with van der Waals surface area (Å²) in [5.74, 6) is 0.395. The first kappa shape index (κ1) is 29.4. The van der Waals surface area contributed by atoms with Gasteiger partial charge in [-0.1, -0.05) is 56.3 Å². The Balaban J connectivity index is 1.94. The van der Waals surface area contributed by atoms with Crippen LogP contribution in [0.25, 0.3) is 0 Å². The number of carbonyl (C=O) groups excluding carboxylic acids is 2. The molecule has 0 saturated carbocycles. The lowest BCUT2D eigenvalue weighted by molar-refractivity contribution is 0.111. The van der Waals surface area contributed by atoms with Crippen molar-refractivity contribution >= 4 is 12.6 Å². The van der Waals surface area contributed by atoms with Gasteiger partial charge in [-0.2, -0.15) is 0 Å². The SMILES string of the molecule is COc1cc(C(C)(C)c2ccc(C(C)(c3cc(C)c(O)c(C=O)c3)c3cc(C)c(O)c(C=O)c3)cc2)cc(C)c1O. The largest absolute Gasteiger partial charge is 0.507 e. The Kier molecular flexibility index (Phi) is 7.72. The molecule has 0 heterocycles. The van der Waals surface area contributed by atoms with E-state index in [4.69, 9.17) is 4.74 Å². The molecule has 3 N–H and O–H groups in total. The summed E-state index contributed by atoms with van der Waals surface area (Å²) in [6, 6.07) is 19.0. The second-order valence-electron chi connectivity index (χ2n) is 11.4. The highest BCUT2D eigenvalue weighted by atomic mass is 16.5. The second kappa shape index (κ2) is 10.8. The van der Waals surface area contributed by atoms with Crippen molar-refractivity contribution in [3.05, 3.63) is 116 Å². The van der Waals surface area contributed by atoms with Gasteiger partial charge in [0.2, 0.25) is 0 Å². The fourth-order valence-electron chi connectivity index (χ4n) is 5.52. The highest BCUT2D eigenvalue weighted by Gasteiger charge is 2.34. The molecule has 0 unspecified atom stereocenters. The lowest BCUT2D eigenvalue weighted by Gasteiger charge is -2.34. The van der Waals surface area contributed by atoms with Crippen molar-refractivity contribution in [1.29, 1.82) is 0 Å². The van der Waals surface area contributed by atoms with Gasteiger partial charge in [0.05, 0.1) is 18.2 Å². The zero-order valence-corrected chi connectivity index (χ0v) is 24.5. The number of hydrogen-bond donors (Lipinski definition) is 3. The van der Waals surface area contributed by atoms with Gasteiger partial charge in [-0.05, 0) is 90.4 Å². The van der Waals surface area contributed by atoms with Crippen LogP contribution >= 0.6 is 0 Å². The summed E-state index contributed by atoms with van der Waals surface area (Å²) < 4.78 is 5.40. The van der Waals surface area contributed by atoms with Crippen LogP contribution in [0.3, 0.4) is 0 Å². The molecule has 4 aromatic rings. The summed E-state index contributed by atoms with van der Waals surface area (Å²) >= 11 is 0.